The van der Waals surface area contributed by atoms with E-state index < -0.39 is 6.10 Å². The first-order chi connectivity index (χ1) is 8.34. The van der Waals surface area contributed by atoms with E-state index in [1.54, 1.807) is 7.11 Å². The summed E-state index contributed by atoms with van der Waals surface area (Å²) in [5, 5.41) is 9.72. The zero-order valence-electron chi connectivity index (χ0n) is 12.4. The molecule has 1 fully saturated rings. The van der Waals surface area contributed by atoms with E-state index in [2.05, 4.69) is 18.7 Å². The summed E-state index contributed by atoms with van der Waals surface area (Å²) in [4.78, 5) is 2.18. The van der Waals surface area contributed by atoms with E-state index in [4.69, 9.17) is 10.5 Å². The summed E-state index contributed by atoms with van der Waals surface area (Å²) in [6.45, 7) is 6.66. The van der Waals surface area contributed by atoms with Gasteiger partial charge in [0.25, 0.3) is 0 Å². The number of aliphatic hydroxyl groups is 1. The van der Waals surface area contributed by atoms with Crippen LogP contribution >= 0.6 is 0 Å². The molecule has 108 valence electrons. The SMILES string of the molecule is COCC(O)CN(C)CC1CC(C)(C)CCC1N. The molecule has 0 aromatic heterocycles. The first kappa shape index (κ1) is 15.9. The lowest BCUT2D eigenvalue weighted by Crippen LogP contribution is -2.45. The van der Waals surface area contributed by atoms with Crippen molar-refractivity contribution in [2.24, 2.45) is 17.1 Å². The van der Waals surface area contributed by atoms with Gasteiger partial charge in [-0.3, -0.25) is 0 Å². The van der Waals surface area contributed by atoms with Crippen LogP contribution in [-0.2, 0) is 4.74 Å². The second-order valence-corrected chi connectivity index (χ2v) is 6.66. The van der Waals surface area contributed by atoms with Gasteiger partial charge in [-0.2, -0.15) is 0 Å². The normalized spacial score (nSPS) is 29.5. The molecule has 1 aliphatic rings. The minimum Gasteiger partial charge on any atom is -0.389 e. The fraction of sp³-hybridized carbons (Fsp3) is 1.00. The van der Waals surface area contributed by atoms with Crippen LogP contribution in [0.4, 0.5) is 0 Å². The Balaban J connectivity index is 2.39. The summed E-state index contributed by atoms with van der Waals surface area (Å²) < 4.78 is 4.95. The number of likely N-dealkylation sites (N-methyl/N-ethyl adjacent to an activating group) is 1. The summed E-state index contributed by atoms with van der Waals surface area (Å²) in [6, 6.07) is 0.306. The van der Waals surface area contributed by atoms with Gasteiger partial charge >= 0.3 is 0 Å². The quantitative estimate of drug-likeness (QED) is 0.748. The predicted molar refractivity (Wildman–Crippen MR) is 74.5 cm³/mol. The third kappa shape index (κ3) is 5.22. The average Bonchev–Trinajstić information content (AvgIpc) is 2.23. The number of hydrogen-bond donors (Lipinski definition) is 2. The van der Waals surface area contributed by atoms with E-state index in [1.165, 1.54) is 12.8 Å². The third-order valence-corrected chi connectivity index (χ3v) is 4.00. The molecule has 0 bridgehead atoms. The van der Waals surface area contributed by atoms with Crippen LogP contribution in [0.15, 0.2) is 0 Å². The number of nitrogens with two attached hydrogens (primary N) is 1. The lowest BCUT2D eigenvalue weighted by Gasteiger charge is -2.41. The Kier molecular flexibility index (Phi) is 6.05. The van der Waals surface area contributed by atoms with E-state index in [9.17, 15) is 5.11 Å². The predicted octanol–water partition coefficient (Wildman–Crippen LogP) is 1.08. The van der Waals surface area contributed by atoms with Crippen molar-refractivity contribution in [3.8, 4) is 0 Å². The highest BCUT2D eigenvalue weighted by molar-refractivity contribution is 4.88. The van der Waals surface area contributed by atoms with Gasteiger partial charge in [-0.25, -0.2) is 0 Å². The molecule has 0 heterocycles. The van der Waals surface area contributed by atoms with Crippen LogP contribution in [0.25, 0.3) is 0 Å². The van der Waals surface area contributed by atoms with Crippen LogP contribution in [0.2, 0.25) is 0 Å². The minimum absolute atomic E-state index is 0.306. The Hall–Kier alpha value is -0.160. The second kappa shape index (κ2) is 6.85. The van der Waals surface area contributed by atoms with Crippen molar-refractivity contribution in [2.45, 2.75) is 45.3 Å². The molecule has 18 heavy (non-hydrogen) atoms. The molecule has 0 saturated heterocycles. The summed E-state index contributed by atoms with van der Waals surface area (Å²) in [5.74, 6) is 0.536. The Morgan fingerprint density at radius 3 is 2.78 bits per heavy atom. The molecular weight excluding hydrogens is 228 g/mol. The maximum atomic E-state index is 9.72. The average molecular weight is 258 g/mol. The van der Waals surface area contributed by atoms with Crippen molar-refractivity contribution in [3.05, 3.63) is 0 Å². The van der Waals surface area contributed by atoms with E-state index in [1.807, 2.05) is 7.05 Å². The zero-order chi connectivity index (χ0) is 13.8. The monoisotopic (exact) mass is 258 g/mol. The standard InChI is InChI=1S/C14H30N2O2/c1-14(2)6-5-13(15)11(7-14)8-16(3)9-12(17)10-18-4/h11-13,17H,5-10,15H2,1-4H3. The van der Waals surface area contributed by atoms with Crippen LogP contribution in [0, 0.1) is 11.3 Å². The molecule has 0 aliphatic heterocycles. The largest absolute Gasteiger partial charge is 0.389 e. The molecule has 0 spiro atoms. The molecule has 0 aromatic rings. The highest BCUT2D eigenvalue weighted by atomic mass is 16.5. The molecular formula is C14H30N2O2. The van der Waals surface area contributed by atoms with Crippen molar-refractivity contribution >= 4 is 0 Å². The maximum absolute atomic E-state index is 9.72. The maximum Gasteiger partial charge on any atom is 0.0899 e. The first-order valence-corrected chi connectivity index (χ1v) is 6.95. The molecule has 1 aliphatic carbocycles. The Bertz CT molecular complexity index is 246. The molecule has 3 unspecified atom stereocenters. The molecule has 0 radical (unpaired) electrons. The van der Waals surface area contributed by atoms with E-state index in [0.717, 1.165) is 13.0 Å². The van der Waals surface area contributed by atoms with Gasteiger partial charge in [-0.15, -0.1) is 0 Å². The molecule has 4 nitrogen and oxygen atoms in total. The van der Waals surface area contributed by atoms with Crippen LogP contribution in [0.5, 0.6) is 0 Å². The fourth-order valence-corrected chi connectivity index (χ4v) is 3.04. The van der Waals surface area contributed by atoms with Crippen molar-refractivity contribution in [1.29, 1.82) is 0 Å². The fourth-order valence-electron chi connectivity index (χ4n) is 3.04. The topological polar surface area (TPSA) is 58.7 Å². The lowest BCUT2D eigenvalue weighted by molar-refractivity contribution is 0.0342. The van der Waals surface area contributed by atoms with E-state index in [-0.39, 0.29) is 0 Å². The molecule has 1 rings (SSSR count). The van der Waals surface area contributed by atoms with Crippen molar-refractivity contribution in [2.75, 3.05) is 33.9 Å². The Morgan fingerprint density at radius 2 is 2.17 bits per heavy atom. The molecule has 1 saturated carbocycles. The molecule has 0 amide bonds. The highest BCUT2D eigenvalue weighted by Crippen LogP contribution is 2.38. The third-order valence-electron chi connectivity index (χ3n) is 4.00. The number of aliphatic hydroxyl groups excluding tert-OH is 1. The number of rotatable bonds is 6. The van der Waals surface area contributed by atoms with Crippen molar-refractivity contribution in [1.82, 2.24) is 4.90 Å². The number of ether oxygens (including phenoxy) is 1. The Morgan fingerprint density at radius 1 is 1.50 bits per heavy atom. The first-order valence-electron chi connectivity index (χ1n) is 6.95. The number of methoxy groups -OCH3 is 1. The second-order valence-electron chi connectivity index (χ2n) is 6.66. The van der Waals surface area contributed by atoms with Crippen LogP contribution in [0.1, 0.15) is 33.1 Å². The highest BCUT2D eigenvalue weighted by Gasteiger charge is 2.33. The van der Waals surface area contributed by atoms with Crippen molar-refractivity contribution in [3.63, 3.8) is 0 Å². The van der Waals surface area contributed by atoms with E-state index >= 15 is 0 Å². The summed E-state index contributed by atoms with van der Waals surface area (Å²) in [6.07, 6.45) is 3.11. The molecule has 3 N–H and O–H groups in total. The van der Waals surface area contributed by atoms with Gasteiger partial charge in [-0.1, -0.05) is 13.8 Å². The van der Waals surface area contributed by atoms with Gasteiger partial charge in [0.15, 0.2) is 0 Å². The molecule has 4 heteroatoms. The van der Waals surface area contributed by atoms with Gasteiger partial charge in [-0.05, 0) is 37.6 Å². The van der Waals surface area contributed by atoms with Crippen molar-refractivity contribution < 1.29 is 9.84 Å². The van der Waals surface area contributed by atoms with E-state index in [0.29, 0.717) is 30.5 Å². The molecule has 3 atom stereocenters. The van der Waals surface area contributed by atoms with Gasteiger partial charge in [0.1, 0.15) is 0 Å². The number of hydrogen-bond acceptors (Lipinski definition) is 4. The zero-order valence-corrected chi connectivity index (χ0v) is 12.4. The number of nitrogens with zero attached hydrogens (tertiary/aromatic N) is 1. The van der Waals surface area contributed by atoms with Gasteiger partial charge in [0.05, 0.1) is 12.7 Å². The molecule has 0 aromatic carbocycles. The summed E-state index contributed by atoms with van der Waals surface area (Å²) in [7, 11) is 3.66. The Labute approximate surface area is 111 Å². The summed E-state index contributed by atoms with van der Waals surface area (Å²) >= 11 is 0. The smallest absolute Gasteiger partial charge is 0.0899 e. The lowest BCUT2D eigenvalue weighted by atomic mass is 9.70. The van der Waals surface area contributed by atoms with Gasteiger partial charge in [0, 0.05) is 26.2 Å². The van der Waals surface area contributed by atoms with Crippen LogP contribution < -0.4 is 5.73 Å². The van der Waals surface area contributed by atoms with Crippen LogP contribution in [-0.4, -0.2) is 56.0 Å². The summed E-state index contributed by atoms with van der Waals surface area (Å²) in [5.41, 5.74) is 6.63. The van der Waals surface area contributed by atoms with Gasteiger partial charge < -0.3 is 20.5 Å². The van der Waals surface area contributed by atoms with Crippen LogP contribution in [0.3, 0.4) is 0 Å². The minimum atomic E-state index is -0.409. The van der Waals surface area contributed by atoms with Gasteiger partial charge in [0.2, 0.25) is 0 Å².